The Bertz CT molecular complexity index is 1330. The third kappa shape index (κ3) is 13.0. The molecule has 0 aliphatic carbocycles. The number of nitrogens with zero attached hydrogens (tertiary/aromatic N) is 3. The van der Waals surface area contributed by atoms with Gasteiger partial charge in [0.2, 0.25) is 47.3 Å². The quantitative estimate of drug-likeness (QED) is 0.0818. The number of hydroxylamine groups is 6. The van der Waals surface area contributed by atoms with Gasteiger partial charge in [-0.2, -0.15) is 0 Å². The minimum absolute atomic E-state index is 0.0915. The highest BCUT2D eigenvalue weighted by Crippen LogP contribution is 2.16. The van der Waals surface area contributed by atoms with E-state index in [1.165, 1.54) is 0 Å². The number of amides is 9. The van der Waals surface area contributed by atoms with Crippen LogP contribution in [0.25, 0.3) is 0 Å². The summed E-state index contributed by atoms with van der Waals surface area (Å²) in [4.78, 5) is 116. The second kappa shape index (κ2) is 20.0. The van der Waals surface area contributed by atoms with Crippen molar-refractivity contribution >= 4 is 53.2 Å². The molecule has 2 bridgehead atoms. The van der Waals surface area contributed by atoms with Crippen LogP contribution in [0.4, 0.5) is 0 Å². The van der Waals surface area contributed by atoms with Gasteiger partial charge in [0.1, 0.15) is 30.2 Å². The van der Waals surface area contributed by atoms with E-state index in [2.05, 4.69) is 31.9 Å². The van der Waals surface area contributed by atoms with Crippen molar-refractivity contribution in [1.29, 1.82) is 0 Å². The maximum Gasteiger partial charge on any atom is 0.251 e. The molecule has 2 heterocycles. The summed E-state index contributed by atoms with van der Waals surface area (Å²) >= 11 is 0. The molecular formula is C28H45N9O14. The predicted molar refractivity (Wildman–Crippen MR) is 165 cm³/mol. The number of carbonyl (C=O) groups is 9. The molecule has 0 radical (unpaired) electrons. The molecule has 0 saturated carbocycles. The van der Waals surface area contributed by atoms with Gasteiger partial charge in [-0.3, -0.25) is 58.8 Å². The molecule has 0 spiro atoms. The topological polar surface area (TPSA) is 337 Å². The number of rotatable bonds is 8. The normalized spacial score (nSPS) is 26.2. The van der Waals surface area contributed by atoms with Crippen molar-refractivity contribution in [1.82, 2.24) is 47.1 Å². The molecule has 11 N–H and O–H groups in total. The Morgan fingerprint density at radius 1 is 0.745 bits per heavy atom. The van der Waals surface area contributed by atoms with Gasteiger partial charge in [0.25, 0.3) is 5.91 Å². The van der Waals surface area contributed by atoms with Gasteiger partial charge >= 0.3 is 0 Å². The molecule has 286 valence electrons. The van der Waals surface area contributed by atoms with Gasteiger partial charge in [0.15, 0.2) is 0 Å². The highest BCUT2D eigenvalue weighted by Gasteiger charge is 2.37. The lowest BCUT2D eigenvalue weighted by Crippen LogP contribution is -2.61. The van der Waals surface area contributed by atoms with E-state index in [4.69, 9.17) is 0 Å². The molecule has 2 aliphatic rings. The van der Waals surface area contributed by atoms with Crippen molar-refractivity contribution in [2.75, 3.05) is 39.4 Å². The Kier molecular flexibility index (Phi) is 16.6. The Morgan fingerprint density at radius 2 is 1.29 bits per heavy atom. The van der Waals surface area contributed by atoms with E-state index in [1.807, 2.05) is 0 Å². The number of aliphatic hydroxyl groups is 2. The number of hydrogen-bond donors (Lipinski definition) is 11. The average Bonchev–Trinajstić information content (AvgIpc) is 3.08. The highest BCUT2D eigenvalue weighted by molar-refractivity contribution is 5.98. The van der Waals surface area contributed by atoms with Crippen LogP contribution in [0, 0.1) is 5.92 Å². The van der Waals surface area contributed by atoms with Gasteiger partial charge in [0.05, 0.1) is 32.2 Å². The number of fused-ring (bicyclic) bond motifs is 6. The first-order chi connectivity index (χ1) is 24.0. The van der Waals surface area contributed by atoms with Crippen LogP contribution in [0.2, 0.25) is 0 Å². The fourth-order valence-corrected chi connectivity index (χ4v) is 5.03. The van der Waals surface area contributed by atoms with Crippen LogP contribution in [-0.4, -0.2) is 164 Å². The zero-order chi connectivity index (χ0) is 38.4. The molecule has 2 fully saturated rings. The Hall–Kier alpha value is -4.97. The molecule has 0 aromatic rings. The van der Waals surface area contributed by atoms with E-state index >= 15 is 0 Å². The number of hydrogen-bond acceptors (Lipinski definition) is 14. The van der Waals surface area contributed by atoms with Crippen molar-refractivity contribution < 1.29 is 69.0 Å². The summed E-state index contributed by atoms with van der Waals surface area (Å²) in [6.07, 6.45) is -1.52. The first-order valence-electron chi connectivity index (χ1n) is 15.9. The molecule has 2 saturated heterocycles. The SMILES string of the molecule is CC(=O)N(O)CCCC1NC(=O)C2CCCN(O)C(=O)C(CN(O)C(C)=O)CC(NC1=O)C(=O)NC(CO)C(=O)NC(CO)C(=O)NCC(=O)N2. The van der Waals surface area contributed by atoms with E-state index in [0.717, 1.165) is 13.8 Å². The van der Waals surface area contributed by atoms with Gasteiger partial charge in [-0.25, -0.2) is 15.2 Å². The lowest BCUT2D eigenvalue weighted by Gasteiger charge is -2.31. The van der Waals surface area contributed by atoms with E-state index in [-0.39, 0.29) is 42.4 Å². The van der Waals surface area contributed by atoms with E-state index in [0.29, 0.717) is 5.06 Å². The third-order valence-corrected chi connectivity index (χ3v) is 7.94. The Labute approximate surface area is 290 Å². The summed E-state index contributed by atoms with van der Waals surface area (Å²) in [5, 5.41) is 64.4. The fourth-order valence-electron chi connectivity index (χ4n) is 5.03. The zero-order valence-electron chi connectivity index (χ0n) is 28.0. The maximum absolute atomic E-state index is 13.7. The third-order valence-electron chi connectivity index (χ3n) is 7.94. The van der Waals surface area contributed by atoms with Crippen LogP contribution in [-0.2, 0) is 43.2 Å². The van der Waals surface area contributed by atoms with E-state index in [9.17, 15) is 69.0 Å². The second-order valence-electron chi connectivity index (χ2n) is 11.9. The second-order valence-corrected chi connectivity index (χ2v) is 11.9. The van der Waals surface area contributed by atoms with Crippen LogP contribution < -0.4 is 31.9 Å². The Morgan fingerprint density at radius 3 is 1.90 bits per heavy atom. The molecule has 9 amide bonds. The van der Waals surface area contributed by atoms with Crippen molar-refractivity contribution in [2.24, 2.45) is 5.92 Å². The van der Waals surface area contributed by atoms with Crippen LogP contribution in [0.15, 0.2) is 0 Å². The number of aliphatic hydroxyl groups excluding tert-OH is 2. The molecule has 51 heavy (non-hydrogen) atoms. The lowest BCUT2D eigenvalue weighted by molar-refractivity contribution is -0.181. The first-order valence-corrected chi connectivity index (χ1v) is 15.9. The average molecular weight is 732 g/mol. The van der Waals surface area contributed by atoms with Gasteiger partial charge < -0.3 is 42.1 Å². The minimum atomic E-state index is -1.85. The lowest BCUT2D eigenvalue weighted by atomic mass is 9.96. The van der Waals surface area contributed by atoms with Crippen molar-refractivity contribution in [3.05, 3.63) is 0 Å². The van der Waals surface area contributed by atoms with Crippen LogP contribution in [0.3, 0.4) is 0 Å². The summed E-state index contributed by atoms with van der Waals surface area (Å²) in [5.41, 5.74) is 0. The molecule has 2 rings (SSSR count). The molecule has 6 unspecified atom stereocenters. The molecule has 0 aromatic heterocycles. The molecular weight excluding hydrogens is 686 g/mol. The monoisotopic (exact) mass is 731 g/mol. The molecule has 0 aromatic carbocycles. The molecule has 2 aliphatic heterocycles. The molecule has 23 nitrogen and oxygen atoms in total. The van der Waals surface area contributed by atoms with Gasteiger partial charge in [-0.05, 0) is 32.1 Å². The predicted octanol–water partition coefficient (Wildman–Crippen LogP) is -6.20. The van der Waals surface area contributed by atoms with Crippen LogP contribution in [0.1, 0.15) is 46.0 Å². The smallest absolute Gasteiger partial charge is 0.251 e. The van der Waals surface area contributed by atoms with Crippen LogP contribution in [0.5, 0.6) is 0 Å². The highest BCUT2D eigenvalue weighted by atomic mass is 16.5. The number of nitrogens with one attached hydrogen (secondary N) is 6. The zero-order valence-corrected chi connectivity index (χ0v) is 28.0. The summed E-state index contributed by atoms with van der Waals surface area (Å²) < 4.78 is 0. The van der Waals surface area contributed by atoms with E-state index in [1.54, 1.807) is 0 Å². The summed E-state index contributed by atoms with van der Waals surface area (Å²) in [6, 6.07) is -8.33. The van der Waals surface area contributed by atoms with Crippen molar-refractivity contribution in [3.8, 4) is 0 Å². The Balaban J connectivity index is 2.70. The van der Waals surface area contributed by atoms with Gasteiger partial charge in [-0.1, -0.05) is 0 Å². The summed E-state index contributed by atoms with van der Waals surface area (Å²) in [7, 11) is 0. The van der Waals surface area contributed by atoms with E-state index < -0.39 is 129 Å². The fraction of sp³-hybridized carbons (Fsp3) is 0.679. The van der Waals surface area contributed by atoms with Gasteiger partial charge in [0, 0.05) is 26.9 Å². The summed E-state index contributed by atoms with van der Waals surface area (Å²) in [6.45, 7) is -2.37. The van der Waals surface area contributed by atoms with Crippen LogP contribution >= 0.6 is 0 Å². The standard InChI is InChI=1S/C28H45N9O14/c1-14(40)35(49)7-3-6-18-25(45)32-19-9-16(11-37(51)15(2)41)28(48)36(50)8-4-5-17(24(44)31-18)30-22(42)10-29-23(43)20(12-38)33-27(47)21(13-39)34-26(19)46/h16-21,38-39,49-51H,3-13H2,1-2H3,(H,29,43)(H,30,42)(H,31,44)(H,32,45)(H,33,47)(H,34,46). The number of carbonyl (C=O) groups excluding carboxylic acids is 9. The first kappa shape index (κ1) is 42.2. The largest absolute Gasteiger partial charge is 0.394 e. The molecule has 23 heteroatoms. The van der Waals surface area contributed by atoms with Crippen molar-refractivity contribution in [2.45, 2.75) is 76.2 Å². The summed E-state index contributed by atoms with van der Waals surface area (Å²) in [5.74, 6) is -10.8. The molecule has 6 atom stereocenters. The van der Waals surface area contributed by atoms with Crippen molar-refractivity contribution in [3.63, 3.8) is 0 Å². The minimum Gasteiger partial charge on any atom is -0.394 e. The maximum atomic E-state index is 13.7. The van der Waals surface area contributed by atoms with Gasteiger partial charge in [-0.15, -0.1) is 0 Å².